The molecule has 0 aliphatic rings. The van der Waals surface area contributed by atoms with Crippen molar-refractivity contribution in [1.29, 1.82) is 0 Å². The zero-order chi connectivity index (χ0) is 10.7. The van der Waals surface area contributed by atoms with Gasteiger partial charge in [-0.15, -0.1) is 0 Å². The number of hydrogen-bond donors (Lipinski definition) is 0. The Morgan fingerprint density at radius 2 is 2.33 bits per heavy atom. The van der Waals surface area contributed by atoms with E-state index < -0.39 is 5.95 Å². The quantitative estimate of drug-likeness (QED) is 0.716. The molecule has 0 saturated carbocycles. The summed E-state index contributed by atoms with van der Waals surface area (Å²) in [7, 11) is 0. The Hall–Kier alpha value is -1.98. The van der Waals surface area contributed by atoms with Crippen molar-refractivity contribution in [2.24, 2.45) is 0 Å². The fraction of sp³-hybridized carbons (Fsp3) is 0.222. The third kappa shape index (κ3) is 2.49. The smallest absolute Gasteiger partial charge is 0.264 e. The third-order valence-electron chi connectivity index (χ3n) is 1.63. The van der Waals surface area contributed by atoms with Crippen LogP contribution < -0.4 is 4.74 Å². The van der Waals surface area contributed by atoms with Crippen LogP contribution in [0.3, 0.4) is 0 Å². The van der Waals surface area contributed by atoms with Gasteiger partial charge in [-0.2, -0.15) is 9.37 Å². The molecule has 0 unspecified atom stereocenters. The molecular formula is C9H8FN3O2. The summed E-state index contributed by atoms with van der Waals surface area (Å²) in [6.07, 6.45) is 1.29. The number of hydrogen-bond acceptors (Lipinski definition) is 5. The summed E-state index contributed by atoms with van der Waals surface area (Å²) in [4.78, 5) is 7.38. The number of pyridine rings is 1. The second-order valence-corrected chi connectivity index (χ2v) is 2.84. The van der Waals surface area contributed by atoms with E-state index in [4.69, 9.17) is 9.26 Å². The van der Waals surface area contributed by atoms with Crippen LogP contribution in [0.15, 0.2) is 22.9 Å². The molecule has 2 aromatic rings. The van der Waals surface area contributed by atoms with Crippen molar-refractivity contribution in [2.45, 2.75) is 13.5 Å². The van der Waals surface area contributed by atoms with E-state index in [0.717, 1.165) is 0 Å². The summed E-state index contributed by atoms with van der Waals surface area (Å²) in [6, 6.07) is 2.69. The normalized spacial score (nSPS) is 10.3. The van der Waals surface area contributed by atoms with Gasteiger partial charge in [0.05, 0.1) is 6.20 Å². The van der Waals surface area contributed by atoms with Crippen molar-refractivity contribution < 1.29 is 13.7 Å². The SMILES string of the molecule is Cc1noc(COc2ccc(F)nc2)n1. The Morgan fingerprint density at radius 3 is 2.93 bits per heavy atom. The second kappa shape index (κ2) is 4.04. The molecule has 0 N–H and O–H groups in total. The minimum Gasteiger partial charge on any atom is -0.482 e. The van der Waals surface area contributed by atoms with Crippen molar-refractivity contribution in [2.75, 3.05) is 0 Å². The lowest BCUT2D eigenvalue weighted by Gasteiger charge is -2.00. The molecule has 0 bridgehead atoms. The fourth-order valence-corrected chi connectivity index (χ4v) is 0.991. The van der Waals surface area contributed by atoms with E-state index in [9.17, 15) is 4.39 Å². The molecule has 0 aliphatic heterocycles. The van der Waals surface area contributed by atoms with Crippen molar-refractivity contribution in [1.82, 2.24) is 15.1 Å². The van der Waals surface area contributed by atoms with Crippen LogP contribution in [0, 0.1) is 12.9 Å². The van der Waals surface area contributed by atoms with Crippen LogP contribution in [0.2, 0.25) is 0 Å². The molecule has 0 aliphatic carbocycles. The van der Waals surface area contributed by atoms with Crippen molar-refractivity contribution in [3.8, 4) is 5.75 Å². The van der Waals surface area contributed by atoms with Gasteiger partial charge in [0.1, 0.15) is 5.75 Å². The number of halogens is 1. The molecule has 15 heavy (non-hydrogen) atoms. The van der Waals surface area contributed by atoms with Crippen LogP contribution in [-0.4, -0.2) is 15.1 Å². The minimum absolute atomic E-state index is 0.147. The number of rotatable bonds is 3. The minimum atomic E-state index is -0.545. The van der Waals surface area contributed by atoms with E-state index in [1.165, 1.54) is 18.3 Å². The molecule has 2 aromatic heterocycles. The summed E-state index contributed by atoms with van der Waals surface area (Å²) < 4.78 is 22.5. The molecule has 0 spiro atoms. The van der Waals surface area contributed by atoms with Crippen LogP contribution in [-0.2, 0) is 6.61 Å². The van der Waals surface area contributed by atoms with Crippen LogP contribution in [0.5, 0.6) is 5.75 Å². The summed E-state index contributed by atoms with van der Waals surface area (Å²) in [5.74, 6) is 0.825. The van der Waals surface area contributed by atoms with Crippen molar-refractivity contribution in [3.05, 3.63) is 36.0 Å². The lowest BCUT2D eigenvalue weighted by molar-refractivity contribution is 0.241. The van der Waals surface area contributed by atoms with E-state index in [1.807, 2.05) is 0 Å². The highest BCUT2D eigenvalue weighted by molar-refractivity contribution is 5.16. The Morgan fingerprint density at radius 1 is 1.47 bits per heavy atom. The highest BCUT2D eigenvalue weighted by Gasteiger charge is 2.03. The predicted octanol–water partition coefficient (Wildman–Crippen LogP) is 1.49. The van der Waals surface area contributed by atoms with Crippen molar-refractivity contribution >= 4 is 0 Å². The van der Waals surface area contributed by atoms with E-state index in [2.05, 4.69) is 15.1 Å². The summed E-state index contributed by atoms with van der Waals surface area (Å²) >= 11 is 0. The molecule has 0 radical (unpaired) electrons. The average Bonchev–Trinajstić information content (AvgIpc) is 2.64. The first-order chi connectivity index (χ1) is 7.24. The van der Waals surface area contributed by atoms with Crippen LogP contribution in [0.25, 0.3) is 0 Å². The van der Waals surface area contributed by atoms with E-state index in [1.54, 1.807) is 6.92 Å². The van der Waals surface area contributed by atoms with Gasteiger partial charge < -0.3 is 9.26 Å². The standard InChI is InChI=1S/C9H8FN3O2/c1-6-12-9(15-13-6)5-14-7-2-3-8(10)11-4-7/h2-4H,5H2,1H3. The van der Waals surface area contributed by atoms with Gasteiger partial charge in [0.2, 0.25) is 5.95 Å². The van der Waals surface area contributed by atoms with Crippen LogP contribution >= 0.6 is 0 Å². The predicted molar refractivity (Wildman–Crippen MR) is 47.6 cm³/mol. The Kier molecular flexibility index (Phi) is 2.57. The molecule has 0 fully saturated rings. The maximum Gasteiger partial charge on any atom is 0.264 e. The Labute approximate surface area is 84.9 Å². The monoisotopic (exact) mass is 209 g/mol. The first kappa shape index (κ1) is 9.57. The lowest BCUT2D eigenvalue weighted by atomic mass is 10.4. The van der Waals surface area contributed by atoms with Gasteiger partial charge in [-0.05, 0) is 19.1 Å². The second-order valence-electron chi connectivity index (χ2n) is 2.84. The third-order valence-corrected chi connectivity index (χ3v) is 1.63. The van der Waals surface area contributed by atoms with Gasteiger partial charge in [-0.25, -0.2) is 4.98 Å². The number of nitrogens with zero attached hydrogens (tertiary/aromatic N) is 3. The lowest BCUT2D eigenvalue weighted by Crippen LogP contribution is -1.96. The molecule has 0 atom stereocenters. The first-order valence-corrected chi connectivity index (χ1v) is 4.27. The van der Waals surface area contributed by atoms with Crippen LogP contribution in [0.1, 0.15) is 11.7 Å². The topological polar surface area (TPSA) is 61.0 Å². The number of ether oxygens (including phenoxy) is 1. The maximum absolute atomic E-state index is 12.4. The Bertz CT molecular complexity index is 441. The van der Waals surface area contributed by atoms with E-state index in [-0.39, 0.29) is 6.61 Å². The molecule has 0 saturated heterocycles. The summed E-state index contributed by atoms with van der Waals surface area (Å²) in [5.41, 5.74) is 0. The van der Waals surface area contributed by atoms with Crippen molar-refractivity contribution in [3.63, 3.8) is 0 Å². The number of aromatic nitrogens is 3. The molecule has 2 rings (SSSR count). The van der Waals surface area contributed by atoms with Gasteiger partial charge in [-0.1, -0.05) is 5.16 Å². The Balaban J connectivity index is 1.96. The molecule has 2 heterocycles. The molecule has 5 nitrogen and oxygen atoms in total. The van der Waals surface area contributed by atoms with Gasteiger partial charge in [-0.3, -0.25) is 0 Å². The molecular weight excluding hydrogens is 201 g/mol. The fourth-order valence-electron chi connectivity index (χ4n) is 0.991. The van der Waals surface area contributed by atoms with Gasteiger partial charge in [0.25, 0.3) is 5.89 Å². The zero-order valence-electron chi connectivity index (χ0n) is 7.98. The molecule has 6 heteroatoms. The van der Waals surface area contributed by atoms with Crippen LogP contribution in [0.4, 0.5) is 4.39 Å². The average molecular weight is 209 g/mol. The van der Waals surface area contributed by atoms with E-state index in [0.29, 0.717) is 17.5 Å². The molecule has 78 valence electrons. The maximum atomic E-state index is 12.4. The highest BCUT2D eigenvalue weighted by Crippen LogP contribution is 2.10. The van der Waals surface area contributed by atoms with E-state index >= 15 is 0 Å². The largest absolute Gasteiger partial charge is 0.482 e. The number of aryl methyl sites for hydroxylation is 1. The first-order valence-electron chi connectivity index (χ1n) is 4.27. The summed E-state index contributed by atoms with van der Waals surface area (Å²) in [6.45, 7) is 1.86. The zero-order valence-corrected chi connectivity index (χ0v) is 7.98. The van der Waals surface area contributed by atoms with Gasteiger partial charge >= 0.3 is 0 Å². The van der Waals surface area contributed by atoms with Gasteiger partial charge in [0, 0.05) is 0 Å². The van der Waals surface area contributed by atoms with Gasteiger partial charge in [0.15, 0.2) is 12.4 Å². The molecule has 0 aromatic carbocycles. The summed E-state index contributed by atoms with van der Waals surface area (Å²) in [5, 5.41) is 3.60. The molecule has 0 amide bonds. The highest BCUT2D eigenvalue weighted by atomic mass is 19.1.